The number of aromatic carboxylic acids is 1. The molecule has 3 N–H and O–H groups in total. The maximum absolute atomic E-state index is 11.2. The first-order chi connectivity index (χ1) is 14.3. The van der Waals surface area contributed by atoms with Crippen molar-refractivity contribution in [1.29, 1.82) is 0 Å². The number of nitrogens with zero attached hydrogens (tertiary/aromatic N) is 1. The van der Waals surface area contributed by atoms with Crippen LogP contribution >= 0.6 is 0 Å². The summed E-state index contributed by atoms with van der Waals surface area (Å²) in [5.74, 6) is -0.177. The highest BCUT2D eigenvalue weighted by Crippen LogP contribution is 2.34. The van der Waals surface area contributed by atoms with Crippen molar-refractivity contribution in [2.24, 2.45) is 0 Å². The highest BCUT2D eigenvalue weighted by Gasteiger charge is 2.15. The Morgan fingerprint density at radius 1 is 1.03 bits per heavy atom. The number of aromatic amines is 1. The second-order valence-electron chi connectivity index (χ2n) is 8.49. The first-order valence-electron chi connectivity index (χ1n) is 9.97. The molecule has 0 unspecified atom stereocenters. The molecule has 0 fully saturated rings. The van der Waals surface area contributed by atoms with Gasteiger partial charge in [0, 0.05) is 6.54 Å². The number of H-pyrrole nitrogens is 1. The number of aromatic nitrogens is 2. The molecule has 0 atom stereocenters. The van der Waals surface area contributed by atoms with Crippen molar-refractivity contribution in [3.05, 3.63) is 83.4 Å². The van der Waals surface area contributed by atoms with Gasteiger partial charge < -0.3 is 10.4 Å². The lowest BCUT2D eigenvalue weighted by molar-refractivity contribution is 0.0696. The molecule has 0 amide bonds. The van der Waals surface area contributed by atoms with Crippen LogP contribution in [-0.4, -0.2) is 21.3 Å². The molecule has 4 aromatic rings. The zero-order valence-electron chi connectivity index (χ0n) is 17.4. The van der Waals surface area contributed by atoms with Crippen LogP contribution in [0.1, 0.15) is 42.3 Å². The quantitative estimate of drug-likeness (QED) is 0.394. The predicted molar refractivity (Wildman–Crippen MR) is 121 cm³/mol. The number of carbonyl (C=O) groups is 1. The monoisotopic (exact) mass is 399 g/mol. The molecular formula is C25H25N3O2. The molecule has 3 aromatic carbocycles. The average molecular weight is 399 g/mol. The van der Waals surface area contributed by atoms with Crippen molar-refractivity contribution in [3.8, 4) is 11.1 Å². The van der Waals surface area contributed by atoms with Crippen LogP contribution in [0.2, 0.25) is 0 Å². The SMILES string of the molecule is CC(C)(C)c1ccc(-c2cccc3[nH]nc(NCc4cccc(C(=O)O)c4)c23)cc1. The van der Waals surface area contributed by atoms with Crippen molar-refractivity contribution < 1.29 is 9.90 Å². The fraction of sp³-hybridized carbons (Fsp3) is 0.200. The Labute approximate surface area is 175 Å². The Bertz CT molecular complexity index is 1200. The summed E-state index contributed by atoms with van der Waals surface area (Å²) in [7, 11) is 0. The van der Waals surface area contributed by atoms with Crippen LogP contribution < -0.4 is 5.32 Å². The number of benzene rings is 3. The van der Waals surface area contributed by atoms with Gasteiger partial charge in [-0.3, -0.25) is 5.10 Å². The molecule has 0 saturated heterocycles. The van der Waals surface area contributed by atoms with Gasteiger partial charge in [0.2, 0.25) is 0 Å². The van der Waals surface area contributed by atoms with Crippen LogP contribution in [0.3, 0.4) is 0 Å². The first kappa shape index (κ1) is 19.7. The zero-order chi connectivity index (χ0) is 21.3. The smallest absolute Gasteiger partial charge is 0.335 e. The Hall–Kier alpha value is -3.60. The molecule has 1 aromatic heterocycles. The van der Waals surface area contributed by atoms with Gasteiger partial charge in [-0.05, 0) is 45.9 Å². The van der Waals surface area contributed by atoms with Crippen molar-refractivity contribution >= 4 is 22.7 Å². The van der Waals surface area contributed by atoms with Gasteiger partial charge in [-0.1, -0.05) is 69.3 Å². The summed E-state index contributed by atoms with van der Waals surface area (Å²) in [4.78, 5) is 11.2. The summed E-state index contributed by atoms with van der Waals surface area (Å²) in [6.45, 7) is 7.11. The number of anilines is 1. The third-order valence-electron chi connectivity index (χ3n) is 5.29. The molecule has 1 heterocycles. The number of carboxylic acids is 1. The molecule has 0 bridgehead atoms. The highest BCUT2D eigenvalue weighted by molar-refractivity contribution is 6.02. The Kier molecular flexibility index (Phi) is 5.04. The van der Waals surface area contributed by atoms with E-state index in [4.69, 9.17) is 0 Å². The lowest BCUT2D eigenvalue weighted by atomic mass is 9.86. The van der Waals surface area contributed by atoms with Gasteiger partial charge in [-0.25, -0.2) is 4.79 Å². The summed E-state index contributed by atoms with van der Waals surface area (Å²) in [6, 6.07) is 21.7. The summed E-state index contributed by atoms with van der Waals surface area (Å²) in [6.07, 6.45) is 0. The molecular weight excluding hydrogens is 374 g/mol. The average Bonchev–Trinajstić information content (AvgIpc) is 3.15. The zero-order valence-corrected chi connectivity index (χ0v) is 17.4. The standard InChI is InChI=1S/C25H25N3O2/c1-25(2,3)19-12-10-17(11-13-19)20-8-5-9-21-22(20)23(28-27-21)26-15-16-6-4-7-18(14-16)24(29)30/h4-14H,15H2,1-3H3,(H,29,30)(H2,26,27,28). The van der Waals surface area contributed by atoms with Crippen LogP contribution in [0.15, 0.2) is 66.7 Å². The van der Waals surface area contributed by atoms with Crippen LogP contribution in [0.5, 0.6) is 0 Å². The van der Waals surface area contributed by atoms with E-state index in [1.54, 1.807) is 18.2 Å². The number of hydrogen-bond acceptors (Lipinski definition) is 3. The van der Waals surface area contributed by atoms with Crippen molar-refractivity contribution in [1.82, 2.24) is 10.2 Å². The highest BCUT2D eigenvalue weighted by atomic mass is 16.4. The Morgan fingerprint density at radius 2 is 1.77 bits per heavy atom. The molecule has 152 valence electrons. The van der Waals surface area contributed by atoms with E-state index in [-0.39, 0.29) is 11.0 Å². The van der Waals surface area contributed by atoms with Gasteiger partial charge in [0.1, 0.15) is 0 Å². The van der Waals surface area contributed by atoms with Gasteiger partial charge in [0.05, 0.1) is 16.5 Å². The molecule has 0 spiro atoms. The van der Waals surface area contributed by atoms with Crippen LogP contribution in [0, 0.1) is 0 Å². The molecule has 0 aliphatic heterocycles. The summed E-state index contributed by atoms with van der Waals surface area (Å²) < 4.78 is 0. The minimum atomic E-state index is -0.928. The van der Waals surface area contributed by atoms with Crippen molar-refractivity contribution in [2.45, 2.75) is 32.7 Å². The number of rotatable bonds is 5. The summed E-state index contributed by atoms with van der Waals surface area (Å²) in [5, 5.41) is 21.1. The molecule has 0 radical (unpaired) electrons. The predicted octanol–water partition coefficient (Wildman–Crippen LogP) is 5.84. The lowest BCUT2D eigenvalue weighted by Gasteiger charge is -2.19. The molecule has 5 nitrogen and oxygen atoms in total. The first-order valence-corrected chi connectivity index (χ1v) is 9.97. The summed E-state index contributed by atoms with van der Waals surface area (Å²) >= 11 is 0. The molecule has 4 rings (SSSR count). The number of fused-ring (bicyclic) bond motifs is 1. The van der Waals surface area contributed by atoms with Crippen LogP contribution in [0.4, 0.5) is 5.82 Å². The van der Waals surface area contributed by atoms with E-state index >= 15 is 0 Å². The maximum atomic E-state index is 11.2. The van der Waals surface area contributed by atoms with Crippen LogP contribution in [0.25, 0.3) is 22.0 Å². The maximum Gasteiger partial charge on any atom is 0.335 e. The van der Waals surface area contributed by atoms with Gasteiger partial charge in [0.15, 0.2) is 5.82 Å². The largest absolute Gasteiger partial charge is 0.478 e. The van der Waals surface area contributed by atoms with Gasteiger partial charge in [-0.2, -0.15) is 5.10 Å². The van der Waals surface area contributed by atoms with E-state index in [1.165, 1.54) is 5.56 Å². The fourth-order valence-corrected chi connectivity index (χ4v) is 3.59. The lowest BCUT2D eigenvalue weighted by Crippen LogP contribution is -2.10. The van der Waals surface area contributed by atoms with Crippen LogP contribution in [-0.2, 0) is 12.0 Å². The normalized spacial score (nSPS) is 11.6. The molecule has 0 saturated carbocycles. The molecule has 30 heavy (non-hydrogen) atoms. The number of nitrogens with one attached hydrogen (secondary N) is 2. The van der Waals surface area contributed by atoms with Crippen molar-refractivity contribution in [3.63, 3.8) is 0 Å². The topological polar surface area (TPSA) is 78.0 Å². The molecule has 0 aliphatic rings. The third kappa shape index (κ3) is 3.92. The van der Waals surface area contributed by atoms with E-state index < -0.39 is 5.97 Å². The van der Waals surface area contributed by atoms with Gasteiger partial charge in [-0.15, -0.1) is 0 Å². The Balaban J connectivity index is 1.66. The van der Waals surface area contributed by atoms with E-state index in [1.807, 2.05) is 18.2 Å². The van der Waals surface area contributed by atoms with E-state index in [0.29, 0.717) is 6.54 Å². The van der Waals surface area contributed by atoms with E-state index in [9.17, 15) is 9.90 Å². The van der Waals surface area contributed by atoms with E-state index in [0.717, 1.165) is 33.4 Å². The van der Waals surface area contributed by atoms with Gasteiger partial charge >= 0.3 is 5.97 Å². The van der Waals surface area contributed by atoms with Gasteiger partial charge in [0.25, 0.3) is 0 Å². The minimum absolute atomic E-state index is 0.109. The molecule has 5 heteroatoms. The fourth-order valence-electron chi connectivity index (χ4n) is 3.59. The van der Waals surface area contributed by atoms with E-state index in [2.05, 4.69) is 66.6 Å². The molecule has 0 aliphatic carbocycles. The second kappa shape index (κ2) is 7.67. The summed E-state index contributed by atoms with van der Waals surface area (Å²) in [5.41, 5.74) is 5.75. The Morgan fingerprint density at radius 3 is 2.47 bits per heavy atom. The van der Waals surface area contributed by atoms with Crippen molar-refractivity contribution in [2.75, 3.05) is 5.32 Å². The number of carboxylic acid groups (broad SMARTS) is 1. The second-order valence-corrected chi connectivity index (χ2v) is 8.49. The minimum Gasteiger partial charge on any atom is -0.478 e. The third-order valence-corrected chi connectivity index (χ3v) is 5.29. The number of hydrogen-bond donors (Lipinski definition) is 3.